The van der Waals surface area contributed by atoms with Gasteiger partial charge in [-0.1, -0.05) is 20.8 Å². The third-order valence-electron chi connectivity index (χ3n) is 2.94. The summed E-state index contributed by atoms with van der Waals surface area (Å²) in [7, 11) is 3.89. The molecular formula is C13H27N3O2. The smallest absolute Gasteiger partial charge is 0.317 e. The van der Waals surface area contributed by atoms with Crippen LogP contribution in [-0.2, 0) is 4.74 Å². The predicted molar refractivity (Wildman–Crippen MR) is 72.7 cm³/mol. The van der Waals surface area contributed by atoms with E-state index >= 15 is 0 Å². The normalized spacial score (nSPS) is 21.7. The topological polar surface area (TPSA) is 44.8 Å². The third kappa shape index (κ3) is 5.69. The van der Waals surface area contributed by atoms with Crippen LogP contribution in [-0.4, -0.2) is 68.8 Å². The van der Waals surface area contributed by atoms with Gasteiger partial charge in [0.15, 0.2) is 0 Å². The first-order valence-electron chi connectivity index (χ1n) is 6.57. The average molecular weight is 257 g/mol. The van der Waals surface area contributed by atoms with Gasteiger partial charge in [-0.25, -0.2) is 4.79 Å². The van der Waals surface area contributed by atoms with Crippen molar-refractivity contribution in [2.45, 2.75) is 26.9 Å². The van der Waals surface area contributed by atoms with E-state index < -0.39 is 0 Å². The molecule has 0 aromatic rings. The van der Waals surface area contributed by atoms with Gasteiger partial charge in [-0.3, -0.25) is 0 Å². The Morgan fingerprint density at radius 2 is 2.17 bits per heavy atom. The summed E-state index contributed by atoms with van der Waals surface area (Å²) in [6, 6.07) is -0.0262. The molecule has 1 N–H and O–H groups in total. The monoisotopic (exact) mass is 257 g/mol. The maximum Gasteiger partial charge on any atom is 0.317 e. The second-order valence-electron chi connectivity index (χ2n) is 6.35. The van der Waals surface area contributed by atoms with E-state index in [2.05, 4.69) is 38.0 Å². The summed E-state index contributed by atoms with van der Waals surface area (Å²) in [5, 5.41) is 2.94. The molecule has 5 nitrogen and oxygen atoms in total. The molecule has 5 heteroatoms. The number of ether oxygens (including phenoxy) is 1. The molecule has 106 valence electrons. The minimum atomic E-state index is -0.0262. The number of nitrogens with one attached hydrogen (secondary N) is 1. The number of morpholine rings is 1. The molecule has 1 heterocycles. The van der Waals surface area contributed by atoms with Crippen LogP contribution in [0.25, 0.3) is 0 Å². The van der Waals surface area contributed by atoms with Gasteiger partial charge in [-0.15, -0.1) is 0 Å². The fourth-order valence-electron chi connectivity index (χ4n) is 1.84. The number of amides is 2. The van der Waals surface area contributed by atoms with Gasteiger partial charge in [0, 0.05) is 33.2 Å². The summed E-state index contributed by atoms with van der Waals surface area (Å²) in [4.78, 5) is 15.8. The molecule has 0 bridgehead atoms. The van der Waals surface area contributed by atoms with Crippen LogP contribution in [0.4, 0.5) is 4.79 Å². The van der Waals surface area contributed by atoms with Gasteiger partial charge in [-0.2, -0.15) is 0 Å². The lowest BCUT2D eigenvalue weighted by Gasteiger charge is -2.33. The van der Waals surface area contributed by atoms with Gasteiger partial charge in [0.25, 0.3) is 0 Å². The van der Waals surface area contributed by atoms with Crippen molar-refractivity contribution in [1.29, 1.82) is 0 Å². The van der Waals surface area contributed by atoms with Crippen LogP contribution in [0.1, 0.15) is 20.8 Å². The Labute approximate surface area is 110 Å². The van der Waals surface area contributed by atoms with Crippen LogP contribution in [0.3, 0.4) is 0 Å². The molecule has 0 aliphatic carbocycles. The highest BCUT2D eigenvalue weighted by Crippen LogP contribution is 2.10. The highest BCUT2D eigenvalue weighted by Gasteiger charge is 2.22. The third-order valence-corrected chi connectivity index (χ3v) is 2.94. The number of likely N-dealkylation sites (N-methyl/N-ethyl adjacent to an activating group) is 2. The van der Waals surface area contributed by atoms with Crippen LogP contribution < -0.4 is 5.32 Å². The average Bonchev–Trinajstić information content (AvgIpc) is 2.24. The number of rotatable bonds is 3. The Kier molecular flexibility index (Phi) is 5.41. The zero-order valence-corrected chi connectivity index (χ0v) is 12.3. The van der Waals surface area contributed by atoms with E-state index in [-0.39, 0.29) is 17.6 Å². The first kappa shape index (κ1) is 15.2. The lowest BCUT2D eigenvalue weighted by molar-refractivity contribution is -0.0282. The molecule has 1 atom stereocenters. The van der Waals surface area contributed by atoms with Crippen LogP contribution in [0, 0.1) is 5.41 Å². The molecule has 1 rings (SSSR count). The van der Waals surface area contributed by atoms with Crippen LogP contribution in [0.15, 0.2) is 0 Å². The summed E-state index contributed by atoms with van der Waals surface area (Å²) in [5.74, 6) is 0. The standard InChI is InChI=1S/C13H27N3O2/c1-13(2,3)10-14-12(17)16(5)9-11-8-15(4)6-7-18-11/h11H,6-10H2,1-5H3,(H,14,17). The Bertz CT molecular complexity index is 276. The first-order valence-corrected chi connectivity index (χ1v) is 6.57. The van der Waals surface area contributed by atoms with E-state index in [9.17, 15) is 4.79 Å². The van der Waals surface area contributed by atoms with Crippen molar-refractivity contribution in [2.24, 2.45) is 5.41 Å². The maximum atomic E-state index is 11.9. The summed E-state index contributed by atoms with van der Waals surface area (Å²) in [6.07, 6.45) is 0.120. The lowest BCUT2D eigenvalue weighted by atomic mass is 9.97. The maximum absolute atomic E-state index is 11.9. The highest BCUT2D eigenvalue weighted by molar-refractivity contribution is 5.73. The zero-order chi connectivity index (χ0) is 13.8. The van der Waals surface area contributed by atoms with Crippen molar-refractivity contribution in [3.63, 3.8) is 0 Å². The van der Waals surface area contributed by atoms with Gasteiger partial charge in [0.05, 0.1) is 12.7 Å². The summed E-state index contributed by atoms with van der Waals surface area (Å²) in [5.41, 5.74) is 0.109. The lowest BCUT2D eigenvalue weighted by Crippen LogP contribution is -2.49. The van der Waals surface area contributed by atoms with E-state index in [1.54, 1.807) is 4.90 Å². The van der Waals surface area contributed by atoms with Crippen LogP contribution in [0.2, 0.25) is 0 Å². The number of hydrogen-bond donors (Lipinski definition) is 1. The molecule has 1 fully saturated rings. The van der Waals surface area contributed by atoms with Gasteiger partial charge >= 0.3 is 6.03 Å². The Balaban J connectivity index is 2.30. The number of hydrogen-bond acceptors (Lipinski definition) is 3. The molecule has 1 aliphatic rings. The number of nitrogens with zero attached hydrogens (tertiary/aromatic N) is 2. The van der Waals surface area contributed by atoms with Crippen LogP contribution >= 0.6 is 0 Å². The van der Waals surface area contributed by atoms with Crippen LogP contribution in [0.5, 0.6) is 0 Å². The second-order valence-corrected chi connectivity index (χ2v) is 6.35. The molecular weight excluding hydrogens is 230 g/mol. The van der Waals surface area contributed by atoms with Crippen molar-refractivity contribution in [3.8, 4) is 0 Å². The van der Waals surface area contributed by atoms with Crippen molar-refractivity contribution < 1.29 is 9.53 Å². The predicted octanol–water partition coefficient (Wildman–Crippen LogP) is 1.00. The Hall–Kier alpha value is -0.810. The first-order chi connectivity index (χ1) is 8.28. The number of carbonyl (C=O) groups is 1. The molecule has 0 radical (unpaired) electrons. The second kappa shape index (κ2) is 6.38. The summed E-state index contributed by atoms with van der Waals surface area (Å²) >= 11 is 0. The SMILES string of the molecule is CN1CCOC(CN(C)C(=O)NCC(C)(C)C)C1. The van der Waals surface area contributed by atoms with Gasteiger partial charge in [-0.05, 0) is 12.5 Å². The van der Waals surface area contributed by atoms with Gasteiger partial charge in [0.2, 0.25) is 0 Å². The van der Waals surface area contributed by atoms with E-state index in [0.29, 0.717) is 13.1 Å². The summed E-state index contributed by atoms with van der Waals surface area (Å²) < 4.78 is 5.65. The number of urea groups is 1. The molecule has 2 amide bonds. The molecule has 0 aromatic heterocycles. The fraction of sp³-hybridized carbons (Fsp3) is 0.923. The van der Waals surface area contributed by atoms with E-state index in [0.717, 1.165) is 19.7 Å². The molecule has 0 spiro atoms. The minimum Gasteiger partial charge on any atom is -0.374 e. The van der Waals surface area contributed by atoms with Gasteiger partial charge < -0.3 is 19.9 Å². The van der Waals surface area contributed by atoms with Crippen molar-refractivity contribution in [2.75, 3.05) is 46.9 Å². The van der Waals surface area contributed by atoms with Crippen molar-refractivity contribution in [1.82, 2.24) is 15.1 Å². The summed E-state index contributed by atoms with van der Waals surface area (Å²) in [6.45, 7) is 10.2. The quantitative estimate of drug-likeness (QED) is 0.820. The highest BCUT2D eigenvalue weighted by atomic mass is 16.5. The molecule has 0 aromatic carbocycles. The van der Waals surface area contributed by atoms with Gasteiger partial charge in [0.1, 0.15) is 0 Å². The number of carbonyl (C=O) groups excluding carboxylic acids is 1. The Morgan fingerprint density at radius 1 is 1.50 bits per heavy atom. The fourth-order valence-corrected chi connectivity index (χ4v) is 1.84. The van der Waals surface area contributed by atoms with Crippen molar-refractivity contribution in [3.05, 3.63) is 0 Å². The Morgan fingerprint density at radius 3 is 2.72 bits per heavy atom. The minimum absolute atomic E-state index is 0.0262. The largest absolute Gasteiger partial charge is 0.374 e. The molecule has 1 aliphatic heterocycles. The van der Waals surface area contributed by atoms with E-state index in [1.807, 2.05) is 7.05 Å². The van der Waals surface area contributed by atoms with Crippen molar-refractivity contribution >= 4 is 6.03 Å². The molecule has 0 saturated carbocycles. The molecule has 18 heavy (non-hydrogen) atoms. The van der Waals surface area contributed by atoms with E-state index in [4.69, 9.17) is 4.74 Å². The van der Waals surface area contributed by atoms with E-state index in [1.165, 1.54) is 0 Å². The molecule has 1 saturated heterocycles. The molecule has 1 unspecified atom stereocenters. The zero-order valence-electron chi connectivity index (χ0n) is 12.3.